The highest BCUT2D eigenvalue weighted by Crippen LogP contribution is 2.67. The molecule has 3 heteroatoms. The van der Waals surface area contributed by atoms with Gasteiger partial charge in [0.25, 0.3) is 0 Å². The van der Waals surface area contributed by atoms with E-state index in [9.17, 15) is 9.90 Å². The second kappa shape index (κ2) is 3.88. The molecule has 4 aliphatic carbocycles. The van der Waals surface area contributed by atoms with Crippen molar-refractivity contribution < 1.29 is 14.6 Å². The Kier molecular flexibility index (Phi) is 2.29. The zero-order chi connectivity index (χ0) is 13.4. The van der Waals surface area contributed by atoms with Crippen molar-refractivity contribution in [3.8, 4) is 0 Å². The molecule has 5 rings (SSSR count). The molecule has 5 aliphatic rings. The largest absolute Gasteiger partial charge is 0.464 e. The molecule has 0 amide bonds. The molecule has 4 fully saturated rings. The third-order valence-corrected chi connectivity index (χ3v) is 7.12. The number of hydrogen-bond donors (Lipinski definition) is 1. The summed E-state index contributed by atoms with van der Waals surface area (Å²) in [5.74, 6) is 5.49. The first-order valence-electron chi connectivity index (χ1n) is 8.25. The highest BCUT2D eigenvalue weighted by Gasteiger charge is 2.61. The minimum atomic E-state index is -0.465. The van der Waals surface area contributed by atoms with E-state index in [1.54, 1.807) is 0 Å². The molecule has 20 heavy (non-hydrogen) atoms. The molecule has 0 spiro atoms. The Morgan fingerprint density at radius 2 is 2.00 bits per heavy atom. The van der Waals surface area contributed by atoms with E-state index in [1.165, 1.54) is 19.3 Å². The molecule has 4 bridgehead atoms. The Bertz CT molecular complexity index is 485. The Hall–Kier alpha value is -0.830. The predicted molar refractivity (Wildman–Crippen MR) is 72.5 cm³/mol. The van der Waals surface area contributed by atoms with Crippen LogP contribution in [-0.2, 0) is 9.53 Å². The normalized spacial score (nSPS) is 55.8. The number of rotatable bonds is 3. The SMILES string of the molecule is O=C1OCC1C(O)CC1CC2CC1C1C3C=CC(C3)C21. The minimum absolute atomic E-state index is 0.193. The van der Waals surface area contributed by atoms with Crippen LogP contribution in [0, 0.1) is 47.3 Å². The van der Waals surface area contributed by atoms with Crippen LogP contribution in [-0.4, -0.2) is 23.8 Å². The molecule has 9 atom stereocenters. The Morgan fingerprint density at radius 1 is 1.20 bits per heavy atom. The van der Waals surface area contributed by atoms with Crippen LogP contribution >= 0.6 is 0 Å². The fourth-order valence-corrected chi connectivity index (χ4v) is 6.41. The van der Waals surface area contributed by atoms with Gasteiger partial charge in [0.05, 0.1) is 6.10 Å². The van der Waals surface area contributed by atoms with Crippen molar-refractivity contribution in [2.45, 2.75) is 31.8 Å². The number of aliphatic hydroxyl groups is 1. The standard InChI is InChI=1S/C17H22O3/c18-14(13-7-20-17(13)19)6-10-4-11-5-12(10)16-9-2-1-8(3-9)15(11)16/h1-2,8-16,18H,3-7H2. The molecule has 1 saturated heterocycles. The second-order valence-electron chi connectivity index (χ2n) is 7.80. The first-order chi connectivity index (χ1) is 9.72. The molecule has 0 radical (unpaired) electrons. The fourth-order valence-electron chi connectivity index (χ4n) is 6.41. The van der Waals surface area contributed by atoms with E-state index in [0.29, 0.717) is 12.5 Å². The molecular weight excluding hydrogens is 252 g/mol. The highest BCUT2D eigenvalue weighted by molar-refractivity contribution is 5.77. The van der Waals surface area contributed by atoms with Gasteiger partial charge in [-0.3, -0.25) is 4.79 Å². The van der Waals surface area contributed by atoms with Crippen molar-refractivity contribution in [1.29, 1.82) is 0 Å². The van der Waals surface area contributed by atoms with Crippen molar-refractivity contribution in [1.82, 2.24) is 0 Å². The molecule has 108 valence electrons. The van der Waals surface area contributed by atoms with Crippen LogP contribution in [0.1, 0.15) is 25.7 Å². The summed E-state index contributed by atoms with van der Waals surface area (Å²) < 4.78 is 4.79. The minimum Gasteiger partial charge on any atom is -0.464 e. The smallest absolute Gasteiger partial charge is 0.315 e. The fraction of sp³-hybridized carbons (Fsp3) is 0.824. The number of hydrogen-bond acceptors (Lipinski definition) is 3. The molecule has 3 saturated carbocycles. The number of ether oxygens (including phenoxy) is 1. The quantitative estimate of drug-likeness (QED) is 0.486. The molecule has 1 aliphatic heterocycles. The number of aliphatic hydroxyl groups excluding tert-OH is 1. The average Bonchev–Trinajstić information content (AvgIpc) is 3.14. The van der Waals surface area contributed by atoms with Gasteiger partial charge in [0.1, 0.15) is 12.5 Å². The second-order valence-corrected chi connectivity index (χ2v) is 7.80. The summed E-state index contributed by atoms with van der Waals surface area (Å²) in [5, 5.41) is 10.3. The number of fused-ring (bicyclic) bond motifs is 9. The molecule has 1 N–H and O–H groups in total. The van der Waals surface area contributed by atoms with Crippen LogP contribution in [0.2, 0.25) is 0 Å². The monoisotopic (exact) mass is 274 g/mol. The van der Waals surface area contributed by atoms with Gasteiger partial charge >= 0.3 is 5.97 Å². The van der Waals surface area contributed by atoms with E-state index < -0.39 is 6.10 Å². The molecule has 0 aromatic carbocycles. The lowest BCUT2D eigenvalue weighted by molar-refractivity contribution is -0.178. The molecular formula is C17H22O3. The van der Waals surface area contributed by atoms with Gasteiger partial charge in [0.15, 0.2) is 0 Å². The summed E-state index contributed by atoms with van der Waals surface area (Å²) in [6, 6.07) is 0. The molecule has 0 aromatic heterocycles. The first-order valence-corrected chi connectivity index (χ1v) is 8.25. The van der Waals surface area contributed by atoms with Gasteiger partial charge in [-0.25, -0.2) is 0 Å². The summed E-state index contributed by atoms with van der Waals surface area (Å²) in [6.45, 7) is 0.431. The highest BCUT2D eigenvalue weighted by atomic mass is 16.6. The van der Waals surface area contributed by atoms with Crippen LogP contribution in [0.15, 0.2) is 12.2 Å². The van der Waals surface area contributed by atoms with Gasteiger partial charge in [-0.1, -0.05) is 12.2 Å². The summed E-state index contributed by atoms with van der Waals surface area (Å²) in [5.41, 5.74) is 0. The average molecular weight is 274 g/mol. The lowest BCUT2D eigenvalue weighted by Gasteiger charge is -2.38. The predicted octanol–water partition coefficient (Wildman–Crippen LogP) is 2.00. The van der Waals surface area contributed by atoms with Crippen LogP contribution in [0.4, 0.5) is 0 Å². The van der Waals surface area contributed by atoms with E-state index in [1.807, 2.05) is 0 Å². The van der Waals surface area contributed by atoms with Crippen LogP contribution in [0.5, 0.6) is 0 Å². The molecule has 1 heterocycles. The Labute approximate surface area is 119 Å². The van der Waals surface area contributed by atoms with Crippen molar-refractivity contribution in [3.63, 3.8) is 0 Å². The van der Waals surface area contributed by atoms with Crippen molar-refractivity contribution in [2.75, 3.05) is 6.61 Å². The van der Waals surface area contributed by atoms with Gasteiger partial charge in [-0.05, 0) is 67.1 Å². The maximum absolute atomic E-state index is 11.3. The molecule has 0 aromatic rings. The van der Waals surface area contributed by atoms with Crippen LogP contribution in [0.3, 0.4) is 0 Å². The summed E-state index contributed by atoms with van der Waals surface area (Å²) in [6.07, 6.45) is 9.37. The van der Waals surface area contributed by atoms with Crippen LogP contribution < -0.4 is 0 Å². The number of cyclic esters (lactones) is 1. The first kappa shape index (κ1) is 11.8. The Morgan fingerprint density at radius 3 is 2.70 bits per heavy atom. The lowest BCUT2D eigenvalue weighted by Crippen LogP contribution is -2.44. The van der Waals surface area contributed by atoms with Gasteiger partial charge in [-0.2, -0.15) is 0 Å². The van der Waals surface area contributed by atoms with E-state index in [0.717, 1.165) is 41.9 Å². The summed E-state index contributed by atoms with van der Waals surface area (Å²) in [7, 11) is 0. The Balaban J connectivity index is 1.31. The maximum Gasteiger partial charge on any atom is 0.315 e. The van der Waals surface area contributed by atoms with E-state index in [-0.39, 0.29) is 11.9 Å². The van der Waals surface area contributed by atoms with E-state index >= 15 is 0 Å². The maximum atomic E-state index is 11.3. The lowest BCUT2D eigenvalue weighted by atomic mass is 9.68. The van der Waals surface area contributed by atoms with Gasteiger partial charge < -0.3 is 9.84 Å². The van der Waals surface area contributed by atoms with Crippen molar-refractivity contribution in [3.05, 3.63) is 12.2 Å². The van der Waals surface area contributed by atoms with E-state index in [4.69, 9.17) is 4.74 Å². The number of allylic oxidation sites excluding steroid dienone is 2. The number of esters is 1. The third kappa shape index (κ3) is 1.37. The zero-order valence-corrected chi connectivity index (χ0v) is 11.7. The van der Waals surface area contributed by atoms with Crippen LogP contribution in [0.25, 0.3) is 0 Å². The van der Waals surface area contributed by atoms with Gasteiger partial charge in [-0.15, -0.1) is 0 Å². The van der Waals surface area contributed by atoms with Crippen molar-refractivity contribution >= 4 is 5.97 Å². The summed E-state index contributed by atoms with van der Waals surface area (Å²) >= 11 is 0. The topological polar surface area (TPSA) is 46.5 Å². The van der Waals surface area contributed by atoms with E-state index in [2.05, 4.69) is 12.2 Å². The number of carbonyl (C=O) groups is 1. The van der Waals surface area contributed by atoms with Crippen molar-refractivity contribution in [2.24, 2.45) is 47.3 Å². The zero-order valence-electron chi connectivity index (χ0n) is 11.7. The molecule has 9 unspecified atom stereocenters. The third-order valence-electron chi connectivity index (χ3n) is 7.12. The molecule has 3 nitrogen and oxygen atoms in total. The summed E-state index contributed by atoms with van der Waals surface area (Å²) in [4.78, 5) is 11.3. The van der Waals surface area contributed by atoms with Gasteiger partial charge in [0.2, 0.25) is 0 Å². The number of carbonyl (C=O) groups excluding carboxylic acids is 1. The van der Waals surface area contributed by atoms with Gasteiger partial charge in [0, 0.05) is 0 Å².